The zero-order valence-electron chi connectivity index (χ0n) is 14.6. The fourth-order valence-corrected chi connectivity index (χ4v) is 3.06. The molecule has 0 aliphatic carbocycles. The maximum Gasteiger partial charge on any atom is 0.258 e. The molecule has 25 heavy (non-hydrogen) atoms. The van der Waals surface area contributed by atoms with Crippen molar-refractivity contribution in [2.75, 3.05) is 31.6 Å². The Bertz CT molecular complexity index is 761. The highest BCUT2D eigenvalue weighted by Gasteiger charge is 2.24. The van der Waals surface area contributed by atoms with E-state index < -0.39 is 0 Å². The lowest BCUT2D eigenvalue weighted by Gasteiger charge is -2.34. The fraction of sp³-hybridized carbons (Fsp3) is 0.300. The number of amides is 2. The lowest BCUT2D eigenvalue weighted by molar-refractivity contribution is 0.0656. The Hall–Kier alpha value is -2.66. The molecule has 0 saturated carbocycles. The first-order valence-corrected chi connectivity index (χ1v) is 8.53. The third-order valence-electron chi connectivity index (χ3n) is 4.57. The number of carbonyl (C=O) groups is 2. The van der Waals surface area contributed by atoms with Crippen LogP contribution in [0.1, 0.15) is 27.6 Å². The van der Waals surface area contributed by atoms with Gasteiger partial charge in [-0.2, -0.15) is 0 Å². The smallest absolute Gasteiger partial charge is 0.258 e. The summed E-state index contributed by atoms with van der Waals surface area (Å²) in [6.45, 7) is 4.30. The minimum absolute atomic E-state index is 0.0222. The Morgan fingerprint density at radius 1 is 1.08 bits per heavy atom. The first-order valence-electron chi connectivity index (χ1n) is 8.53. The quantitative estimate of drug-likeness (QED) is 0.936. The van der Waals surface area contributed by atoms with Crippen LogP contribution in [0.2, 0.25) is 0 Å². The first kappa shape index (κ1) is 17.2. The maximum absolute atomic E-state index is 12.8. The molecule has 2 aromatic rings. The summed E-state index contributed by atoms with van der Waals surface area (Å²) in [5, 5.41) is 3.28. The van der Waals surface area contributed by atoms with E-state index in [4.69, 9.17) is 0 Å². The Balaban J connectivity index is 1.81. The highest BCUT2D eigenvalue weighted by Crippen LogP contribution is 2.17. The van der Waals surface area contributed by atoms with Crippen LogP contribution in [0.3, 0.4) is 0 Å². The topological polar surface area (TPSA) is 52.7 Å². The van der Waals surface area contributed by atoms with Gasteiger partial charge in [-0.3, -0.25) is 9.59 Å². The molecular weight excluding hydrogens is 314 g/mol. The second-order valence-electron chi connectivity index (χ2n) is 6.33. The normalized spacial score (nSPS) is 17.2. The first-order chi connectivity index (χ1) is 12.1. The highest BCUT2D eigenvalue weighted by atomic mass is 16.2. The summed E-state index contributed by atoms with van der Waals surface area (Å²) in [4.78, 5) is 29.0. The summed E-state index contributed by atoms with van der Waals surface area (Å²) in [7, 11) is 1.74. The van der Waals surface area contributed by atoms with Gasteiger partial charge in [0.05, 0.1) is 0 Å². The second kappa shape index (κ2) is 7.49. The van der Waals surface area contributed by atoms with Crippen LogP contribution in [0.5, 0.6) is 0 Å². The number of nitrogens with one attached hydrogen (secondary N) is 1. The number of anilines is 1. The van der Waals surface area contributed by atoms with Crippen molar-refractivity contribution in [2.45, 2.75) is 13.0 Å². The van der Waals surface area contributed by atoms with E-state index in [0.29, 0.717) is 17.7 Å². The molecule has 2 aromatic carbocycles. The average Bonchev–Trinajstić information content (AvgIpc) is 2.67. The molecule has 5 heteroatoms. The van der Waals surface area contributed by atoms with Crippen LogP contribution in [0, 0.1) is 0 Å². The van der Waals surface area contributed by atoms with E-state index >= 15 is 0 Å². The fourth-order valence-electron chi connectivity index (χ4n) is 3.06. The summed E-state index contributed by atoms with van der Waals surface area (Å²) < 4.78 is 0. The van der Waals surface area contributed by atoms with Gasteiger partial charge in [-0.25, -0.2) is 0 Å². The molecule has 1 atom stereocenters. The van der Waals surface area contributed by atoms with Crippen molar-refractivity contribution in [3.8, 4) is 0 Å². The Morgan fingerprint density at radius 2 is 1.80 bits per heavy atom. The van der Waals surface area contributed by atoms with E-state index in [9.17, 15) is 9.59 Å². The molecule has 130 valence electrons. The summed E-state index contributed by atoms with van der Waals surface area (Å²) >= 11 is 0. The van der Waals surface area contributed by atoms with Crippen molar-refractivity contribution in [1.82, 2.24) is 10.2 Å². The molecule has 1 N–H and O–H groups in total. The van der Waals surface area contributed by atoms with Gasteiger partial charge in [-0.15, -0.1) is 0 Å². The van der Waals surface area contributed by atoms with E-state index in [1.54, 1.807) is 36.2 Å². The van der Waals surface area contributed by atoms with Crippen LogP contribution >= 0.6 is 0 Å². The highest BCUT2D eigenvalue weighted by molar-refractivity contribution is 6.07. The molecule has 1 aliphatic heterocycles. The molecule has 1 saturated heterocycles. The Kier molecular flexibility index (Phi) is 5.14. The van der Waals surface area contributed by atoms with Gasteiger partial charge in [0, 0.05) is 49.5 Å². The van der Waals surface area contributed by atoms with Crippen LogP contribution < -0.4 is 10.2 Å². The van der Waals surface area contributed by atoms with Crippen molar-refractivity contribution in [3.05, 3.63) is 65.7 Å². The van der Waals surface area contributed by atoms with Crippen LogP contribution in [0.15, 0.2) is 54.6 Å². The van der Waals surface area contributed by atoms with Crippen molar-refractivity contribution < 1.29 is 9.59 Å². The molecule has 0 bridgehead atoms. The third kappa shape index (κ3) is 3.72. The van der Waals surface area contributed by atoms with E-state index in [0.717, 1.165) is 18.8 Å². The van der Waals surface area contributed by atoms with Crippen LogP contribution in [0.4, 0.5) is 5.69 Å². The van der Waals surface area contributed by atoms with Gasteiger partial charge < -0.3 is 15.1 Å². The Labute approximate surface area is 148 Å². The van der Waals surface area contributed by atoms with Gasteiger partial charge >= 0.3 is 0 Å². The SMILES string of the molecule is CC1CNCCN1C(=O)c1cccc(C(=O)N(C)c2ccccc2)c1. The molecule has 1 unspecified atom stereocenters. The van der Waals surface area contributed by atoms with Gasteiger partial charge in [0.1, 0.15) is 0 Å². The summed E-state index contributed by atoms with van der Waals surface area (Å²) in [6.07, 6.45) is 0. The van der Waals surface area contributed by atoms with E-state index in [-0.39, 0.29) is 17.9 Å². The van der Waals surface area contributed by atoms with E-state index in [2.05, 4.69) is 5.32 Å². The number of rotatable bonds is 3. The predicted octanol–water partition coefficient (Wildman–Crippen LogP) is 2.40. The number of hydrogen-bond donors (Lipinski definition) is 1. The second-order valence-corrected chi connectivity index (χ2v) is 6.33. The maximum atomic E-state index is 12.8. The van der Waals surface area contributed by atoms with Crippen LogP contribution in [-0.2, 0) is 0 Å². The van der Waals surface area contributed by atoms with Crippen molar-refractivity contribution in [3.63, 3.8) is 0 Å². The molecule has 0 spiro atoms. The minimum Gasteiger partial charge on any atom is -0.333 e. The molecule has 1 aliphatic rings. The molecular formula is C20H23N3O2. The standard InChI is InChI=1S/C20H23N3O2/c1-15-14-21-11-12-23(15)20(25)17-8-6-7-16(13-17)19(24)22(2)18-9-4-3-5-10-18/h3-10,13,15,21H,11-12,14H2,1-2H3. The van der Waals surface area contributed by atoms with Crippen LogP contribution in [-0.4, -0.2) is 49.4 Å². The van der Waals surface area contributed by atoms with Crippen molar-refractivity contribution in [2.24, 2.45) is 0 Å². The molecule has 0 aromatic heterocycles. The van der Waals surface area contributed by atoms with E-state index in [1.807, 2.05) is 42.2 Å². The largest absolute Gasteiger partial charge is 0.333 e. The van der Waals surface area contributed by atoms with Gasteiger partial charge in [-0.05, 0) is 37.3 Å². The van der Waals surface area contributed by atoms with Gasteiger partial charge in [0.25, 0.3) is 11.8 Å². The monoisotopic (exact) mass is 337 g/mol. The lowest BCUT2D eigenvalue weighted by atomic mass is 10.1. The minimum atomic E-state index is -0.130. The van der Waals surface area contributed by atoms with Crippen molar-refractivity contribution >= 4 is 17.5 Å². The summed E-state index contributed by atoms with van der Waals surface area (Å²) in [5.74, 6) is -0.153. The number of para-hydroxylation sites is 1. The Morgan fingerprint density at radius 3 is 2.52 bits per heavy atom. The lowest BCUT2D eigenvalue weighted by Crippen LogP contribution is -2.52. The number of piperazine rings is 1. The molecule has 0 radical (unpaired) electrons. The molecule has 3 rings (SSSR count). The molecule has 5 nitrogen and oxygen atoms in total. The van der Waals surface area contributed by atoms with Gasteiger partial charge in [0.15, 0.2) is 0 Å². The zero-order chi connectivity index (χ0) is 17.8. The molecule has 2 amide bonds. The summed E-state index contributed by atoms with van der Waals surface area (Å²) in [6, 6.07) is 16.6. The molecule has 1 heterocycles. The van der Waals surface area contributed by atoms with Gasteiger partial charge in [-0.1, -0.05) is 24.3 Å². The van der Waals surface area contributed by atoms with Crippen molar-refractivity contribution in [1.29, 1.82) is 0 Å². The predicted molar refractivity (Wildman–Crippen MR) is 99.0 cm³/mol. The van der Waals surface area contributed by atoms with Gasteiger partial charge in [0.2, 0.25) is 0 Å². The van der Waals surface area contributed by atoms with E-state index in [1.165, 1.54) is 0 Å². The third-order valence-corrected chi connectivity index (χ3v) is 4.57. The zero-order valence-corrected chi connectivity index (χ0v) is 14.6. The number of carbonyl (C=O) groups excluding carboxylic acids is 2. The number of hydrogen-bond acceptors (Lipinski definition) is 3. The summed E-state index contributed by atoms with van der Waals surface area (Å²) in [5.41, 5.74) is 1.89. The average molecular weight is 337 g/mol. The molecule has 1 fully saturated rings. The number of nitrogens with zero attached hydrogens (tertiary/aromatic N) is 2. The number of benzene rings is 2. The van der Waals surface area contributed by atoms with Crippen LogP contribution in [0.25, 0.3) is 0 Å².